The first-order valence-electron chi connectivity index (χ1n) is 13.7. The van der Waals surface area contributed by atoms with E-state index in [4.69, 9.17) is 15.5 Å². The number of primary amides is 1. The Morgan fingerprint density at radius 3 is 2.67 bits per heavy atom. The monoisotopic (exact) mass is 568 g/mol. The zero-order valence-electron chi connectivity index (χ0n) is 22.9. The molecule has 0 spiro atoms. The molecule has 0 saturated carbocycles. The second-order valence-corrected chi connectivity index (χ2v) is 10.7. The molecule has 2 aromatic carbocycles. The smallest absolute Gasteiger partial charge is 0.251 e. The number of aromatic nitrogens is 2. The molecule has 0 unspecified atom stereocenters. The Bertz CT molecular complexity index is 1720. The summed E-state index contributed by atoms with van der Waals surface area (Å²) in [6.45, 7) is 2.81. The number of nitrogens with zero attached hydrogens (tertiary/aromatic N) is 2. The van der Waals surface area contributed by atoms with Gasteiger partial charge in [-0.1, -0.05) is 6.07 Å². The van der Waals surface area contributed by atoms with Crippen LogP contribution in [0.1, 0.15) is 35.0 Å². The van der Waals surface area contributed by atoms with E-state index in [1.54, 1.807) is 49.5 Å². The third-order valence-electron chi connectivity index (χ3n) is 7.82. The number of pyridine rings is 2. The molecule has 6 rings (SSSR count). The van der Waals surface area contributed by atoms with Crippen LogP contribution in [0.2, 0.25) is 0 Å². The second kappa shape index (κ2) is 10.8. The number of amides is 3. The van der Waals surface area contributed by atoms with Crippen molar-refractivity contribution >= 4 is 34.3 Å². The fourth-order valence-corrected chi connectivity index (χ4v) is 5.13. The molecule has 2 atom stereocenters. The standard InChI is InChI=1S/C31H29FN6O4/c1-31(30(33)41)16-42-27-22(31)15-21(37-26(27)17-4-6-20(32)7-5-17)8-11-36-28(39)19-13-18-3-2-10-35-25(18)24(14-19)38-29(40)23-9-12-34-23/h2-7,10,13-15,23,34H,8-9,11-12,16H2,1H3,(H2,33,41)(H,36,39)(H,38,40)/t23-,31-/m0/s1. The Hall–Kier alpha value is -4.90. The van der Waals surface area contributed by atoms with Gasteiger partial charge in [0.15, 0.2) is 0 Å². The summed E-state index contributed by atoms with van der Waals surface area (Å²) in [6, 6.07) is 14.3. The molecular formula is C31H29FN6O4. The highest BCUT2D eigenvalue weighted by Gasteiger charge is 2.43. The molecule has 214 valence electrons. The van der Waals surface area contributed by atoms with Gasteiger partial charge >= 0.3 is 0 Å². The Morgan fingerprint density at radius 2 is 1.95 bits per heavy atom. The van der Waals surface area contributed by atoms with Gasteiger partial charge in [0.25, 0.3) is 5.91 Å². The number of fused-ring (bicyclic) bond motifs is 2. The van der Waals surface area contributed by atoms with Gasteiger partial charge in [0.05, 0.1) is 17.2 Å². The van der Waals surface area contributed by atoms with Crippen LogP contribution in [0.15, 0.2) is 60.8 Å². The average molecular weight is 569 g/mol. The Kier molecular flexibility index (Phi) is 7.03. The van der Waals surface area contributed by atoms with Crippen LogP contribution in [0.3, 0.4) is 0 Å². The van der Waals surface area contributed by atoms with Crippen LogP contribution < -0.4 is 26.4 Å². The van der Waals surface area contributed by atoms with Crippen molar-refractivity contribution in [1.29, 1.82) is 0 Å². The molecule has 42 heavy (non-hydrogen) atoms. The van der Waals surface area contributed by atoms with E-state index in [2.05, 4.69) is 20.9 Å². The number of anilines is 1. The van der Waals surface area contributed by atoms with Crippen LogP contribution in [-0.2, 0) is 21.4 Å². The number of carbonyl (C=O) groups is 3. The van der Waals surface area contributed by atoms with Gasteiger partial charge in [-0.15, -0.1) is 0 Å². The summed E-state index contributed by atoms with van der Waals surface area (Å²) in [7, 11) is 0. The SMILES string of the molecule is C[C@]1(C(N)=O)COc2c1cc(CCNC(=O)c1cc(NC(=O)[C@@H]3CCN3)c3ncccc3c1)nc2-c1ccc(F)cc1. The molecule has 3 amide bonds. The van der Waals surface area contributed by atoms with Gasteiger partial charge in [-0.3, -0.25) is 19.4 Å². The summed E-state index contributed by atoms with van der Waals surface area (Å²) in [5.41, 5.74) is 8.43. The molecule has 2 aromatic heterocycles. The molecule has 4 heterocycles. The molecule has 11 heteroatoms. The number of ether oxygens (including phenoxy) is 1. The van der Waals surface area contributed by atoms with E-state index in [0.29, 0.717) is 51.5 Å². The molecule has 0 aliphatic carbocycles. The van der Waals surface area contributed by atoms with Gasteiger partial charge in [-0.25, -0.2) is 9.37 Å². The maximum Gasteiger partial charge on any atom is 0.251 e. The normalized spacial score (nSPS) is 19.0. The zero-order valence-corrected chi connectivity index (χ0v) is 22.9. The number of nitrogens with two attached hydrogens (primary N) is 1. The highest BCUT2D eigenvalue weighted by molar-refractivity contribution is 6.07. The van der Waals surface area contributed by atoms with Gasteiger partial charge in [0.2, 0.25) is 11.8 Å². The number of hydrogen-bond donors (Lipinski definition) is 4. The van der Waals surface area contributed by atoms with Gasteiger partial charge in [0.1, 0.15) is 29.3 Å². The van der Waals surface area contributed by atoms with E-state index in [1.807, 2.05) is 6.07 Å². The van der Waals surface area contributed by atoms with Crippen LogP contribution in [0, 0.1) is 5.82 Å². The van der Waals surface area contributed by atoms with E-state index in [9.17, 15) is 18.8 Å². The molecule has 0 radical (unpaired) electrons. The number of benzene rings is 2. The topological polar surface area (TPSA) is 148 Å². The maximum absolute atomic E-state index is 13.6. The van der Waals surface area contributed by atoms with Gasteiger partial charge < -0.3 is 26.4 Å². The molecule has 2 aliphatic rings. The van der Waals surface area contributed by atoms with Crippen LogP contribution >= 0.6 is 0 Å². The van der Waals surface area contributed by atoms with Crippen molar-refractivity contribution in [3.63, 3.8) is 0 Å². The largest absolute Gasteiger partial charge is 0.489 e. The summed E-state index contributed by atoms with van der Waals surface area (Å²) in [6.07, 6.45) is 2.73. The number of nitrogens with one attached hydrogen (secondary N) is 3. The molecule has 10 nitrogen and oxygen atoms in total. The number of halogens is 1. The predicted octanol–water partition coefficient (Wildman–Crippen LogP) is 2.84. The fraction of sp³-hybridized carbons (Fsp3) is 0.258. The predicted molar refractivity (Wildman–Crippen MR) is 154 cm³/mol. The third kappa shape index (κ3) is 5.03. The summed E-state index contributed by atoms with van der Waals surface area (Å²) in [4.78, 5) is 47.3. The van der Waals surface area contributed by atoms with Gasteiger partial charge in [-0.05, 0) is 68.4 Å². The van der Waals surface area contributed by atoms with E-state index < -0.39 is 11.3 Å². The molecule has 5 N–H and O–H groups in total. The molecule has 4 aromatic rings. The first-order valence-corrected chi connectivity index (χ1v) is 13.7. The Morgan fingerprint density at radius 1 is 1.17 bits per heavy atom. The lowest BCUT2D eigenvalue weighted by Crippen LogP contribution is -2.50. The Balaban J connectivity index is 1.24. The summed E-state index contributed by atoms with van der Waals surface area (Å²) in [5.74, 6) is -0.977. The highest BCUT2D eigenvalue weighted by atomic mass is 19.1. The minimum absolute atomic E-state index is 0.0697. The van der Waals surface area contributed by atoms with Crippen LogP contribution in [-0.4, -0.2) is 53.4 Å². The average Bonchev–Trinajstić information content (AvgIpc) is 3.29. The Labute approximate surface area is 240 Å². The number of hydrogen-bond acceptors (Lipinski definition) is 7. The van der Waals surface area contributed by atoms with Crippen LogP contribution in [0.4, 0.5) is 10.1 Å². The minimum atomic E-state index is -1.06. The molecule has 1 fully saturated rings. The maximum atomic E-state index is 13.6. The van der Waals surface area contributed by atoms with Crippen molar-refractivity contribution in [2.24, 2.45) is 5.73 Å². The minimum Gasteiger partial charge on any atom is -0.489 e. The third-order valence-corrected chi connectivity index (χ3v) is 7.82. The highest BCUT2D eigenvalue weighted by Crippen LogP contribution is 2.44. The number of rotatable bonds is 8. The summed E-state index contributed by atoms with van der Waals surface area (Å²) >= 11 is 0. The van der Waals surface area contributed by atoms with Crippen molar-refractivity contribution in [3.05, 3.63) is 83.4 Å². The van der Waals surface area contributed by atoms with Crippen LogP contribution in [0.5, 0.6) is 5.75 Å². The zero-order chi connectivity index (χ0) is 29.4. The fourth-order valence-electron chi connectivity index (χ4n) is 5.13. The van der Waals surface area contributed by atoms with Crippen molar-refractivity contribution in [1.82, 2.24) is 20.6 Å². The lowest BCUT2D eigenvalue weighted by molar-refractivity contribution is -0.123. The summed E-state index contributed by atoms with van der Waals surface area (Å²) < 4.78 is 19.5. The number of carbonyl (C=O) groups excluding carboxylic acids is 3. The lowest BCUT2D eigenvalue weighted by Gasteiger charge is -2.26. The van der Waals surface area contributed by atoms with E-state index >= 15 is 0 Å². The van der Waals surface area contributed by atoms with E-state index in [-0.39, 0.29) is 36.8 Å². The second-order valence-electron chi connectivity index (χ2n) is 10.7. The van der Waals surface area contributed by atoms with E-state index in [1.165, 1.54) is 12.1 Å². The first kappa shape index (κ1) is 27.3. The lowest BCUT2D eigenvalue weighted by atomic mass is 9.83. The van der Waals surface area contributed by atoms with E-state index in [0.717, 1.165) is 18.4 Å². The molecule has 2 aliphatic heterocycles. The van der Waals surface area contributed by atoms with Crippen molar-refractivity contribution in [3.8, 4) is 17.0 Å². The molecular weight excluding hydrogens is 539 g/mol. The molecule has 1 saturated heterocycles. The van der Waals surface area contributed by atoms with Crippen molar-refractivity contribution in [2.75, 3.05) is 25.0 Å². The first-order chi connectivity index (χ1) is 20.2. The summed E-state index contributed by atoms with van der Waals surface area (Å²) in [5, 5.41) is 9.61. The van der Waals surface area contributed by atoms with Gasteiger partial charge in [0, 0.05) is 46.9 Å². The molecule has 0 bridgehead atoms. The van der Waals surface area contributed by atoms with Gasteiger partial charge in [-0.2, -0.15) is 0 Å². The van der Waals surface area contributed by atoms with Crippen molar-refractivity contribution in [2.45, 2.75) is 31.2 Å². The van der Waals surface area contributed by atoms with Crippen molar-refractivity contribution < 1.29 is 23.5 Å². The van der Waals surface area contributed by atoms with Crippen LogP contribution in [0.25, 0.3) is 22.2 Å². The quantitative estimate of drug-likeness (QED) is 0.255.